The van der Waals surface area contributed by atoms with E-state index in [1.807, 2.05) is 60.4 Å². The molecule has 5 rings (SSSR count). The SMILES string of the molecule is Cc1c(C(=O)N2CCc3[nH]nc(-c4ccc(Cl)cc4)c3C2)oc2ccccc12. The summed E-state index contributed by atoms with van der Waals surface area (Å²) in [5, 5.41) is 9.28. The van der Waals surface area contributed by atoms with Gasteiger partial charge >= 0.3 is 0 Å². The Morgan fingerprint density at radius 2 is 1.96 bits per heavy atom. The Morgan fingerprint density at radius 1 is 1.18 bits per heavy atom. The minimum atomic E-state index is -0.0809. The van der Waals surface area contributed by atoms with E-state index in [2.05, 4.69) is 10.2 Å². The van der Waals surface area contributed by atoms with Gasteiger partial charge in [0.2, 0.25) is 0 Å². The number of aryl methyl sites for hydroxylation is 1. The number of para-hydroxylation sites is 1. The van der Waals surface area contributed by atoms with Crippen LogP contribution in [0, 0.1) is 6.92 Å². The Morgan fingerprint density at radius 3 is 2.75 bits per heavy atom. The fourth-order valence-corrected chi connectivity index (χ4v) is 3.96. The quantitative estimate of drug-likeness (QED) is 0.524. The predicted molar refractivity (Wildman–Crippen MR) is 108 cm³/mol. The molecule has 140 valence electrons. The first-order valence-corrected chi connectivity index (χ1v) is 9.59. The maximum Gasteiger partial charge on any atom is 0.290 e. The van der Waals surface area contributed by atoms with Gasteiger partial charge in [0, 0.05) is 45.8 Å². The van der Waals surface area contributed by atoms with Gasteiger partial charge in [-0.1, -0.05) is 41.9 Å². The zero-order valence-electron chi connectivity index (χ0n) is 15.3. The molecule has 2 aromatic carbocycles. The number of halogens is 1. The number of H-pyrrole nitrogens is 1. The van der Waals surface area contributed by atoms with Gasteiger partial charge in [-0.25, -0.2) is 0 Å². The van der Waals surface area contributed by atoms with Crippen LogP contribution in [0.15, 0.2) is 52.9 Å². The molecule has 1 N–H and O–H groups in total. The van der Waals surface area contributed by atoms with Crippen molar-refractivity contribution in [1.82, 2.24) is 15.1 Å². The molecule has 0 radical (unpaired) electrons. The van der Waals surface area contributed by atoms with Crippen LogP contribution in [0.4, 0.5) is 0 Å². The third-order valence-electron chi connectivity index (χ3n) is 5.38. The summed E-state index contributed by atoms with van der Waals surface area (Å²) >= 11 is 6.01. The van der Waals surface area contributed by atoms with E-state index in [9.17, 15) is 4.79 Å². The topological polar surface area (TPSA) is 62.1 Å². The highest BCUT2D eigenvalue weighted by molar-refractivity contribution is 6.30. The monoisotopic (exact) mass is 391 g/mol. The van der Waals surface area contributed by atoms with Crippen molar-refractivity contribution in [3.8, 4) is 11.3 Å². The molecule has 6 heteroatoms. The van der Waals surface area contributed by atoms with Crippen molar-refractivity contribution in [3.05, 3.63) is 76.1 Å². The number of benzene rings is 2. The number of fused-ring (bicyclic) bond motifs is 2. The van der Waals surface area contributed by atoms with E-state index in [1.165, 1.54) is 0 Å². The number of furan rings is 1. The number of nitrogens with zero attached hydrogens (tertiary/aromatic N) is 2. The highest BCUT2D eigenvalue weighted by Gasteiger charge is 2.29. The molecule has 0 unspecified atom stereocenters. The van der Waals surface area contributed by atoms with Crippen LogP contribution in [0.5, 0.6) is 0 Å². The summed E-state index contributed by atoms with van der Waals surface area (Å²) in [6.45, 7) is 3.06. The Kier molecular flexibility index (Phi) is 3.98. The minimum absolute atomic E-state index is 0.0809. The molecule has 1 aliphatic rings. The summed E-state index contributed by atoms with van der Waals surface area (Å²) in [6.07, 6.45) is 0.737. The van der Waals surface area contributed by atoms with Crippen LogP contribution in [-0.4, -0.2) is 27.5 Å². The third kappa shape index (κ3) is 2.70. The van der Waals surface area contributed by atoms with Gasteiger partial charge in [-0.2, -0.15) is 5.10 Å². The molecule has 0 aliphatic carbocycles. The van der Waals surface area contributed by atoms with Crippen LogP contribution < -0.4 is 0 Å². The number of nitrogens with one attached hydrogen (secondary N) is 1. The van der Waals surface area contributed by atoms with E-state index in [0.717, 1.165) is 45.5 Å². The van der Waals surface area contributed by atoms with Crippen molar-refractivity contribution in [2.45, 2.75) is 19.9 Å². The number of amides is 1. The molecule has 0 saturated carbocycles. The number of aromatic amines is 1. The molecule has 0 bridgehead atoms. The maximum atomic E-state index is 13.2. The zero-order chi connectivity index (χ0) is 19.3. The van der Waals surface area contributed by atoms with Crippen molar-refractivity contribution in [2.75, 3.05) is 6.54 Å². The fourth-order valence-electron chi connectivity index (χ4n) is 3.84. The molecule has 0 atom stereocenters. The lowest BCUT2D eigenvalue weighted by Crippen LogP contribution is -2.36. The van der Waals surface area contributed by atoms with Gasteiger partial charge in [0.05, 0.1) is 12.2 Å². The van der Waals surface area contributed by atoms with Gasteiger partial charge < -0.3 is 9.32 Å². The van der Waals surface area contributed by atoms with Crippen LogP contribution in [0.25, 0.3) is 22.2 Å². The summed E-state index contributed by atoms with van der Waals surface area (Å²) in [5.41, 5.74) is 5.61. The summed E-state index contributed by atoms with van der Waals surface area (Å²) in [6, 6.07) is 15.3. The van der Waals surface area contributed by atoms with Crippen molar-refractivity contribution in [1.29, 1.82) is 0 Å². The van der Waals surface area contributed by atoms with Gasteiger partial charge in [0.1, 0.15) is 5.58 Å². The highest BCUT2D eigenvalue weighted by atomic mass is 35.5. The van der Waals surface area contributed by atoms with Gasteiger partial charge in [-0.05, 0) is 25.1 Å². The van der Waals surface area contributed by atoms with Crippen molar-refractivity contribution < 1.29 is 9.21 Å². The van der Waals surface area contributed by atoms with Crippen LogP contribution in [0.2, 0.25) is 5.02 Å². The van der Waals surface area contributed by atoms with E-state index in [0.29, 0.717) is 23.9 Å². The van der Waals surface area contributed by atoms with Crippen molar-refractivity contribution in [2.24, 2.45) is 0 Å². The second-order valence-corrected chi connectivity index (χ2v) is 7.50. The Labute approximate surface area is 166 Å². The normalized spacial score (nSPS) is 13.7. The minimum Gasteiger partial charge on any atom is -0.451 e. The standard InChI is InChI=1S/C22H18ClN3O2/c1-13-16-4-2-3-5-19(16)28-21(13)22(27)26-11-10-18-17(12-26)20(25-24-18)14-6-8-15(23)9-7-14/h2-9H,10-12H2,1H3,(H,24,25). The van der Waals surface area contributed by atoms with Gasteiger partial charge in [0.25, 0.3) is 5.91 Å². The zero-order valence-corrected chi connectivity index (χ0v) is 16.1. The molecule has 0 saturated heterocycles. The Bertz CT molecular complexity index is 1190. The number of hydrogen-bond donors (Lipinski definition) is 1. The predicted octanol–water partition coefficient (Wildman–Crippen LogP) is 4.98. The third-order valence-corrected chi connectivity index (χ3v) is 5.63. The molecular weight excluding hydrogens is 374 g/mol. The first-order chi connectivity index (χ1) is 13.6. The summed E-state index contributed by atoms with van der Waals surface area (Å²) in [5.74, 6) is 0.337. The number of carbonyl (C=O) groups is 1. The van der Waals surface area contributed by atoms with Gasteiger partial charge in [-0.3, -0.25) is 9.89 Å². The van der Waals surface area contributed by atoms with E-state index in [4.69, 9.17) is 16.0 Å². The molecule has 1 aliphatic heterocycles. The highest BCUT2D eigenvalue weighted by Crippen LogP contribution is 2.31. The number of rotatable bonds is 2. The van der Waals surface area contributed by atoms with Crippen molar-refractivity contribution >= 4 is 28.5 Å². The lowest BCUT2D eigenvalue weighted by atomic mass is 10.0. The van der Waals surface area contributed by atoms with Crippen LogP contribution in [0.1, 0.15) is 27.4 Å². The van der Waals surface area contributed by atoms with Crippen molar-refractivity contribution in [3.63, 3.8) is 0 Å². The Balaban J connectivity index is 1.48. The smallest absolute Gasteiger partial charge is 0.290 e. The summed E-state index contributed by atoms with van der Waals surface area (Å²) < 4.78 is 5.88. The summed E-state index contributed by atoms with van der Waals surface area (Å²) in [7, 11) is 0. The largest absolute Gasteiger partial charge is 0.451 e. The molecule has 3 heterocycles. The summed E-state index contributed by atoms with van der Waals surface area (Å²) in [4.78, 5) is 15.0. The Hall–Kier alpha value is -3.05. The van der Waals surface area contributed by atoms with E-state index in [-0.39, 0.29) is 5.91 Å². The second kappa shape index (κ2) is 6.53. The van der Waals surface area contributed by atoms with E-state index in [1.54, 1.807) is 0 Å². The average molecular weight is 392 g/mol. The molecular formula is C22H18ClN3O2. The fraction of sp³-hybridized carbons (Fsp3) is 0.182. The second-order valence-electron chi connectivity index (χ2n) is 7.07. The van der Waals surface area contributed by atoms with Gasteiger partial charge in [-0.15, -0.1) is 0 Å². The van der Waals surface area contributed by atoms with E-state index >= 15 is 0 Å². The number of carbonyl (C=O) groups excluding carboxylic acids is 1. The maximum absolute atomic E-state index is 13.2. The molecule has 28 heavy (non-hydrogen) atoms. The molecule has 5 nitrogen and oxygen atoms in total. The lowest BCUT2D eigenvalue weighted by molar-refractivity contribution is 0.0703. The molecule has 1 amide bonds. The molecule has 0 fully saturated rings. The van der Waals surface area contributed by atoms with Crippen LogP contribution >= 0.6 is 11.6 Å². The van der Waals surface area contributed by atoms with Crippen LogP contribution in [0.3, 0.4) is 0 Å². The molecule has 4 aromatic rings. The first-order valence-electron chi connectivity index (χ1n) is 9.21. The molecule has 0 spiro atoms. The average Bonchev–Trinajstić information content (AvgIpc) is 3.29. The van der Waals surface area contributed by atoms with Crippen LogP contribution in [-0.2, 0) is 13.0 Å². The van der Waals surface area contributed by atoms with Gasteiger partial charge in [0.15, 0.2) is 5.76 Å². The lowest BCUT2D eigenvalue weighted by Gasteiger charge is -2.26. The molecule has 2 aromatic heterocycles. The number of aromatic nitrogens is 2. The number of hydrogen-bond acceptors (Lipinski definition) is 3. The van der Waals surface area contributed by atoms with E-state index < -0.39 is 0 Å². The first kappa shape index (κ1) is 17.1.